The summed E-state index contributed by atoms with van der Waals surface area (Å²) < 4.78 is 5.48. The van der Waals surface area contributed by atoms with Gasteiger partial charge >= 0.3 is 0 Å². The Labute approximate surface area is 107 Å². The average Bonchev–Trinajstić information content (AvgIpc) is 2.93. The van der Waals surface area contributed by atoms with Gasteiger partial charge in [0.2, 0.25) is 0 Å². The lowest BCUT2D eigenvalue weighted by atomic mass is 10.1. The highest BCUT2D eigenvalue weighted by Crippen LogP contribution is 2.39. The van der Waals surface area contributed by atoms with Gasteiger partial charge < -0.3 is 25.0 Å². The summed E-state index contributed by atoms with van der Waals surface area (Å²) in [5.41, 5.74) is 0. The van der Waals surface area contributed by atoms with E-state index in [1.807, 2.05) is 0 Å². The fourth-order valence-corrected chi connectivity index (χ4v) is 3.14. The van der Waals surface area contributed by atoms with Crippen LogP contribution in [-0.2, 0) is 4.74 Å². The maximum absolute atomic E-state index is 9.96. The average molecular weight is 271 g/mol. The summed E-state index contributed by atoms with van der Waals surface area (Å²) in [7, 11) is 0. The van der Waals surface area contributed by atoms with Crippen LogP contribution in [0.5, 0.6) is 0 Å². The van der Waals surface area contributed by atoms with Gasteiger partial charge in [-0.15, -0.1) is 0 Å². The highest BCUT2D eigenvalue weighted by Gasteiger charge is 2.47. The van der Waals surface area contributed by atoms with E-state index in [0.717, 1.165) is 4.90 Å². The van der Waals surface area contributed by atoms with Gasteiger partial charge in [-0.1, -0.05) is 11.8 Å². The molecule has 1 aromatic heterocycles. The zero-order valence-corrected chi connectivity index (χ0v) is 10.2. The standard InChI is InChI=1S/C10H13N3O4S/c14-2-5-7(15)8(16)10(17-5)13-4-18-6-1-11-3-12-9(6)13/h1,3,5,7-8,10,14-16H,2,4H2/t5-,7-,8-,10-/m1/s1. The Morgan fingerprint density at radius 2 is 2.28 bits per heavy atom. The summed E-state index contributed by atoms with van der Waals surface area (Å²) in [6.45, 7) is -0.327. The summed E-state index contributed by atoms with van der Waals surface area (Å²) in [4.78, 5) is 10.8. The van der Waals surface area contributed by atoms with Crippen molar-refractivity contribution in [2.75, 3.05) is 17.4 Å². The van der Waals surface area contributed by atoms with E-state index < -0.39 is 24.5 Å². The van der Waals surface area contributed by atoms with E-state index >= 15 is 0 Å². The molecule has 3 rings (SSSR count). The molecule has 8 heteroatoms. The van der Waals surface area contributed by atoms with Crippen LogP contribution in [0.1, 0.15) is 0 Å². The summed E-state index contributed by atoms with van der Waals surface area (Å²) in [5, 5.41) is 28.8. The normalized spacial score (nSPS) is 34.9. The number of aliphatic hydroxyl groups is 3. The number of thioether (sulfide) groups is 1. The molecule has 0 amide bonds. The minimum atomic E-state index is -1.09. The second kappa shape index (κ2) is 4.63. The Morgan fingerprint density at radius 1 is 1.44 bits per heavy atom. The van der Waals surface area contributed by atoms with Crippen LogP contribution in [-0.4, -0.2) is 62.3 Å². The van der Waals surface area contributed by atoms with Gasteiger partial charge in [-0.3, -0.25) is 0 Å². The van der Waals surface area contributed by atoms with E-state index in [-0.39, 0.29) is 6.61 Å². The SMILES string of the molecule is OC[C@H]1O[C@@H](N2CSc3cncnc32)[C@H](O)[C@@H]1O. The lowest BCUT2D eigenvalue weighted by Crippen LogP contribution is -2.43. The Kier molecular flexibility index (Phi) is 3.12. The molecule has 1 aromatic rings. The van der Waals surface area contributed by atoms with Gasteiger partial charge in [0.15, 0.2) is 6.23 Å². The number of anilines is 1. The highest BCUT2D eigenvalue weighted by molar-refractivity contribution is 7.99. The van der Waals surface area contributed by atoms with Crippen LogP contribution in [0.25, 0.3) is 0 Å². The number of ether oxygens (including phenoxy) is 1. The van der Waals surface area contributed by atoms with E-state index in [1.54, 1.807) is 22.9 Å². The lowest BCUT2D eigenvalue weighted by Gasteiger charge is -2.26. The summed E-state index contributed by atoms with van der Waals surface area (Å²) in [6.07, 6.45) is -0.478. The molecule has 0 aliphatic carbocycles. The number of hydrogen-bond acceptors (Lipinski definition) is 8. The third-order valence-electron chi connectivity index (χ3n) is 3.11. The molecule has 0 aromatic carbocycles. The molecule has 98 valence electrons. The van der Waals surface area contributed by atoms with Crippen molar-refractivity contribution in [3.05, 3.63) is 12.5 Å². The molecular formula is C10H13N3O4S. The zero-order valence-electron chi connectivity index (χ0n) is 9.38. The first kappa shape index (κ1) is 12.1. The third-order valence-corrected chi connectivity index (χ3v) is 4.12. The first-order valence-electron chi connectivity index (χ1n) is 5.54. The minimum Gasteiger partial charge on any atom is -0.394 e. The van der Waals surface area contributed by atoms with Gasteiger partial charge in [0.05, 0.1) is 17.4 Å². The number of aromatic nitrogens is 2. The summed E-state index contributed by atoms with van der Waals surface area (Å²) >= 11 is 1.54. The number of fused-ring (bicyclic) bond motifs is 1. The number of aliphatic hydroxyl groups excluding tert-OH is 3. The first-order chi connectivity index (χ1) is 8.72. The molecule has 1 fully saturated rings. The Morgan fingerprint density at radius 3 is 3.00 bits per heavy atom. The van der Waals surface area contributed by atoms with Crippen molar-refractivity contribution in [1.82, 2.24) is 9.97 Å². The number of nitrogens with zero attached hydrogens (tertiary/aromatic N) is 3. The van der Waals surface area contributed by atoms with Crippen LogP contribution < -0.4 is 4.90 Å². The predicted octanol–water partition coefficient (Wildman–Crippen LogP) is -1.21. The summed E-state index contributed by atoms with van der Waals surface area (Å²) in [5.74, 6) is 1.26. The van der Waals surface area contributed by atoms with Crippen LogP contribution in [0.15, 0.2) is 17.4 Å². The fourth-order valence-electron chi connectivity index (χ4n) is 2.16. The lowest BCUT2D eigenvalue weighted by molar-refractivity contribution is -0.0216. The molecule has 7 nitrogen and oxygen atoms in total. The largest absolute Gasteiger partial charge is 0.394 e. The maximum Gasteiger partial charge on any atom is 0.161 e. The molecule has 0 radical (unpaired) electrons. The van der Waals surface area contributed by atoms with Gasteiger partial charge in [0, 0.05) is 6.20 Å². The van der Waals surface area contributed by atoms with E-state index in [1.165, 1.54) is 6.33 Å². The van der Waals surface area contributed by atoms with E-state index in [9.17, 15) is 10.2 Å². The number of rotatable bonds is 2. The molecule has 4 atom stereocenters. The smallest absolute Gasteiger partial charge is 0.161 e. The predicted molar refractivity (Wildman–Crippen MR) is 63.0 cm³/mol. The quantitative estimate of drug-likeness (QED) is 0.616. The molecule has 18 heavy (non-hydrogen) atoms. The minimum absolute atomic E-state index is 0.327. The molecule has 0 saturated carbocycles. The van der Waals surface area contributed by atoms with Crippen molar-refractivity contribution >= 4 is 17.6 Å². The van der Waals surface area contributed by atoms with Crippen LogP contribution in [0.4, 0.5) is 5.82 Å². The van der Waals surface area contributed by atoms with Crippen molar-refractivity contribution in [2.24, 2.45) is 0 Å². The highest BCUT2D eigenvalue weighted by atomic mass is 32.2. The molecule has 0 spiro atoms. The second-order valence-corrected chi connectivity index (χ2v) is 5.17. The van der Waals surface area contributed by atoms with Crippen molar-refractivity contribution in [3.63, 3.8) is 0 Å². The summed E-state index contributed by atoms with van der Waals surface area (Å²) in [6, 6.07) is 0. The van der Waals surface area contributed by atoms with Gasteiger partial charge in [-0.25, -0.2) is 9.97 Å². The van der Waals surface area contributed by atoms with Gasteiger partial charge in [-0.05, 0) is 0 Å². The van der Waals surface area contributed by atoms with E-state index in [2.05, 4.69) is 9.97 Å². The van der Waals surface area contributed by atoms with Crippen molar-refractivity contribution < 1.29 is 20.1 Å². The number of hydrogen-bond donors (Lipinski definition) is 3. The van der Waals surface area contributed by atoms with Crippen LogP contribution >= 0.6 is 11.8 Å². The first-order valence-corrected chi connectivity index (χ1v) is 6.53. The second-order valence-electron chi connectivity index (χ2n) is 4.18. The molecule has 2 aliphatic heterocycles. The van der Waals surface area contributed by atoms with Gasteiger partial charge in [0.1, 0.15) is 30.5 Å². The molecule has 2 aliphatic rings. The third kappa shape index (κ3) is 1.77. The molecule has 1 saturated heterocycles. The molecule has 0 unspecified atom stereocenters. The Bertz CT molecular complexity index is 449. The molecule has 3 heterocycles. The van der Waals surface area contributed by atoms with Crippen molar-refractivity contribution in [3.8, 4) is 0 Å². The molecule has 0 bridgehead atoms. The van der Waals surface area contributed by atoms with Crippen molar-refractivity contribution in [1.29, 1.82) is 0 Å². The van der Waals surface area contributed by atoms with Crippen LogP contribution in [0.2, 0.25) is 0 Å². The van der Waals surface area contributed by atoms with Crippen LogP contribution in [0.3, 0.4) is 0 Å². The zero-order chi connectivity index (χ0) is 12.7. The molecular weight excluding hydrogens is 258 g/mol. The van der Waals surface area contributed by atoms with Crippen molar-refractivity contribution in [2.45, 2.75) is 29.4 Å². The Hall–Kier alpha value is -0.930. The topological polar surface area (TPSA) is 98.9 Å². The van der Waals surface area contributed by atoms with Crippen LogP contribution in [0, 0.1) is 0 Å². The van der Waals surface area contributed by atoms with E-state index in [4.69, 9.17) is 9.84 Å². The monoisotopic (exact) mass is 271 g/mol. The van der Waals surface area contributed by atoms with E-state index in [0.29, 0.717) is 11.7 Å². The molecule has 3 N–H and O–H groups in total. The maximum atomic E-state index is 9.96. The van der Waals surface area contributed by atoms with Gasteiger partial charge in [0.25, 0.3) is 0 Å². The Balaban J connectivity index is 1.85. The van der Waals surface area contributed by atoms with Gasteiger partial charge in [-0.2, -0.15) is 0 Å². The fraction of sp³-hybridized carbons (Fsp3) is 0.600.